The largest absolute Gasteiger partial charge is 0.490 e. The van der Waals surface area contributed by atoms with Crippen molar-refractivity contribution in [3.05, 3.63) is 71.3 Å². The molecule has 0 aliphatic carbocycles. The summed E-state index contributed by atoms with van der Waals surface area (Å²) in [5, 5.41) is 17.8. The van der Waals surface area contributed by atoms with Crippen LogP contribution in [0.4, 0.5) is 0 Å². The molecule has 0 spiro atoms. The Balaban J connectivity index is 2.05. The third-order valence-corrected chi connectivity index (χ3v) is 3.19. The Morgan fingerprint density at radius 2 is 1.50 bits per heavy atom. The summed E-state index contributed by atoms with van der Waals surface area (Å²) in [4.78, 5) is 21.7. The summed E-state index contributed by atoms with van der Waals surface area (Å²) in [6.45, 7) is 0.304. The second-order valence-corrected chi connectivity index (χ2v) is 5.25. The van der Waals surface area contributed by atoms with Gasteiger partial charge < -0.3 is 14.9 Å². The first-order valence-corrected chi connectivity index (χ1v) is 7.44. The van der Waals surface area contributed by atoms with Gasteiger partial charge in [-0.1, -0.05) is 42.5 Å². The molecule has 2 aromatic rings. The maximum Gasteiger partial charge on any atom is 0.307 e. The lowest BCUT2D eigenvalue weighted by molar-refractivity contribution is -0.137. The van der Waals surface area contributed by atoms with Gasteiger partial charge in [-0.25, -0.2) is 0 Å². The molecule has 0 heterocycles. The predicted molar refractivity (Wildman–Crippen MR) is 90.1 cm³/mol. The van der Waals surface area contributed by atoms with Crippen LogP contribution in [-0.2, 0) is 22.4 Å². The summed E-state index contributed by atoms with van der Waals surface area (Å²) in [7, 11) is 0. The highest BCUT2D eigenvalue weighted by atomic mass is 16.5. The van der Waals surface area contributed by atoms with Crippen LogP contribution in [0, 0.1) is 0 Å². The van der Waals surface area contributed by atoms with Crippen molar-refractivity contribution >= 4 is 18.0 Å². The van der Waals surface area contributed by atoms with Crippen molar-refractivity contribution in [1.82, 2.24) is 0 Å². The molecule has 5 nitrogen and oxygen atoms in total. The molecule has 0 aliphatic heterocycles. The number of carbonyl (C=O) groups is 2. The molecular formula is C19H18O5. The van der Waals surface area contributed by atoms with Crippen molar-refractivity contribution < 1.29 is 24.5 Å². The highest BCUT2D eigenvalue weighted by molar-refractivity contribution is 5.72. The molecule has 24 heavy (non-hydrogen) atoms. The van der Waals surface area contributed by atoms with Gasteiger partial charge in [-0.15, -0.1) is 0 Å². The Bertz CT molecular complexity index is 700. The van der Waals surface area contributed by atoms with Gasteiger partial charge in [0.2, 0.25) is 0 Å². The van der Waals surface area contributed by atoms with Gasteiger partial charge in [0.15, 0.2) is 0 Å². The van der Waals surface area contributed by atoms with E-state index < -0.39 is 11.9 Å². The van der Waals surface area contributed by atoms with E-state index in [1.54, 1.807) is 18.2 Å². The Kier molecular flexibility index (Phi) is 6.14. The van der Waals surface area contributed by atoms with E-state index in [9.17, 15) is 9.59 Å². The van der Waals surface area contributed by atoms with Gasteiger partial charge in [-0.3, -0.25) is 9.59 Å². The maximum atomic E-state index is 10.9. The Morgan fingerprint density at radius 1 is 0.917 bits per heavy atom. The van der Waals surface area contributed by atoms with Crippen molar-refractivity contribution in [1.29, 1.82) is 0 Å². The van der Waals surface area contributed by atoms with E-state index in [1.807, 2.05) is 42.5 Å². The van der Waals surface area contributed by atoms with Gasteiger partial charge in [-0.2, -0.15) is 0 Å². The van der Waals surface area contributed by atoms with Crippen LogP contribution in [0.2, 0.25) is 0 Å². The fraction of sp³-hybridized carbons (Fsp3) is 0.158. The van der Waals surface area contributed by atoms with Gasteiger partial charge in [0.05, 0.1) is 12.8 Å². The topological polar surface area (TPSA) is 83.8 Å². The number of carboxylic acids is 2. The van der Waals surface area contributed by atoms with Crippen LogP contribution in [0.5, 0.6) is 5.75 Å². The summed E-state index contributed by atoms with van der Waals surface area (Å²) in [5.74, 6) is -1.49. The van der Waals surface area contributed by atoms with Crippen LogP contribution < -0.4 is 4.74 Å². The highest BCUT2D eigenvalue weighted by Gasteiger charge is 2.08. The van der Waals surface area contributed by atoms with Crippen LogP contribution in [0.15, 0.2) is 54.6 Å². The zero-order chi connectivity index (χ0) is 17.4. The molecule has 0 saturated heterocycles. The first-order chi connectivity index (χ1) is 11.5. The first-order valence-electron chi connectivity index (χ1n) is 7.44. The Hall–Kier alpha value is -3.08. The van der Waals surface area contributed by atoms with Gasteiger partial charge in [-0.05, 0) is 34.9 Å². The van der Waals surface area contributed by atoms with Crippen molar-refractivity contribution in [2.24, 2.45) is 0 Å². The van der Waals surface area contributed by atoms with Crippen LogP contribution in [0.1, 0.15) is 16.7 Å². The second-order valence-electron chi connectivity index (χ2n) is 5.25. The molecule has 2 rings (SSSR count). The van der Waals surface area contributed by atoms with E-state index in [0.717, 1.165) is 5.56 Å². The number of hydrogen-bond donors (Lipinski definition) is 2. The highest BCUT2D eigenvalue weighted by Crippen LogP contribution is 2.19. The molecule has 0 radical (unpaired) electrons. The zero-order valence-corrected chi connectivity index (χ0v) is 13.0. The van der Waals surface area contributed by atoms with E-state index >= 15 is 0 Å². The van der Waals surface area contributed by atoms with Crippen molar-refractivity contribution in [2.45, 2.75) is 12.8 Å². The van der Waals surface area contributed by atoms with Gasteiger partial charge in [0, 0.05) is 0 Å². The van der Waals surface area contributed by atoms with E-state index in [1.165, 1.54) is 0 Å². The van der Waals surface area contributed by atoms with E-state index in [0.29, 0.717) is 23.5 Å². The number of carboxylic acid groups (broad SMARTS) is 2. The normalized spacial score (nSPS) is 10.7. The molecule has 0 bridgehead atoms. The lowest BCUT2D eigenvalue weighted by Gasteiger charge is -2.08. The molecule has 0 fully saturated rings. The fourth-order valence-corrected chi connectivity index (χ4v) is 2.26. The molecule has 2 N–H and O–H groups in total. The van der Waals surface area contributed by atoms with Gasteiger partial charge in [0.25, 0.3) is 0 Å². The number of ether oxygens (including phenoxy) is 1. The minimum atomic E-state index is -0.975. The van der Waals surface area contributed by atoms with E-state index in [4.69, 9.17) is 14.9 Å². The van der Waals surface area contributed by atoms with Crippen LogP contribution in [0.25, 0.3) is 6.08 Å². The Labute approximate surface area is 139 Å². The minimum Gasteiger partial charge on any atom is -0.490 e. The lowest BCUT2D eigenvalue weighted by Crippen LogP contribution is -2.05. The molecule has 0 atom stereocenters. The Morgan fingerprint density at radius 3 is 2.04 bits per heavy atom. The monoisotopic (exact) mass is 326 g/mol. The zero-order valence-electron chi connectivity index (χ0n) is 13.0. The third kappa shape index (κ3) is 5.96. The summed E-state index contributed by atoms with van der Waals surface area (Å²) < 4.78 is 5.60. The molecule has 0 unspecified atom stereocenters. The number of aliphatic carboxylic acids is 2. The average molecular weight is 326 g/mol. The fourth-order valence-electron chi connectivity index (χ4n) is 2.26. The molecule has 124 valence electrons. The van der Waals surface area contributed by atoms with Crippen molar-refractivity contribution in [2.75, 3.05) is 6.61 Å². The summed E-state index contributed by atoms with van der Waals surface area (Å²) in [6.07, 6.45) is 3.41. The number of hydrogen-bond acceptors (Lipinski definition) is 3. The van der Waals surface area contributed by atoms with E-state index in [2.05, 4.69) is 0 Å². The van der Waals surface area contributed by atoms with Crippen LogP contribution in [-0.4, -0.2) is 28.8 Å². The maximum absolute atomic E-state index is 10.9. The van der Waals surface area contributed by atoms with Crippen LogP contribution >= 0.6 is 0 Å². The number of benzene rings is 2. The summed E-state index contributed by atoms with van der Waals surface area (Å²) in [6, 6.07) is 14.6. The molecule has 5 heteroatoms. The standard InChI is InChI=1S/C19H18O5/c20-18(21)12-15-9-16(13-19(22)23)11-17(10-15)24-8-4-7-14-5-2-1-3-6-14/h1-7,9-11H,8,12-13H2,(H,20,21)(H,22,23). The molecule has 0 saturated carbocycles. The summed E-state index contributed by atoms with van der Waals surface area (Å²) >= 11 is 0. The summed E-state index contributed by atoms with van der Waals surface area (Å²) in [5.41, 5.74) is 2.08. The lowest BCUT2D eigenvalue weighted by atomic mass is 10.1. The quantitative estimate of drug-likeness (QED) is 0.779. The smallest absolute Gasteiger partial charge is 0.307 e. The second kappa shape index (κ2) is 8.53. The molecule has 0 aliphatic rings. The van der Waals surface area contributed by atoms with Gasteiger partial charge >= 0.3 is 11.9 Å². The molecule has 2 aromatic carbocycles. The van der Waals surface area contributed by atoms with E-state index in [-0.39, 0.29) is 12.8 Å². The first kappa shape index (κ1) is 17.3. The average Bonchev–Trinajstić information content (AvgIpc) is 2.51. The van der Waals surface area contributed by atoms with Crippen LogP contribution in [0.3, 0.4) is 0 Å². The predicted octanol–water partition coefficient (Wildman–Crippen LogP) is 3.03. The molecular weight excluding hydrogens is 308 g/mol. The molecule has 0 aromatic heterocycles. The van der Waals surface area contributed by atoms with Crippen molar-refractivity contribution in [3.63, 3.8) is 0 Å². The number of rotatable bonds is 8. The molecule has 0 amide bonds. The SMILES string of the molecule is O=C(O)Cc1cc(CC(=O)O)cc(OCC=Cc2ccccc2)c1. The van der Waals surface area contributed by atoms with Crippen molar-refractivity contribution in [3.8, 4) is 5.75 Å². The minimum absolute atomic E-state index is 0.177. The van der Waals surface area contributed by atoms with Gasteiger partial charge in [0.1, 0.15) is 12.4 Å². The third-order valence-electron chi connectivity index (χ3n) is 3.19.